The fourth-order valence-corrected chi connectivity index (χ4v) is 1.79. The number of nitrogens with two attached hydrogens (primary N) is 1. The molecule has 90 valence electrons. The van der Waals surface area contributed by atoms with Gasteiger partial charge in [-0.2, -0.15) is 0 Å². The first-order chi connectivity index (χ1) is 7.61. The number of hydrazine groups is 1. The molecule has 0 saturated heterocycles. The van der Waals surface area contributed by atoms with Crippen LogP contribution in [0.4, 0.5) is 0 Å². The Morgan fingerprint density at radius 2 is 2.38 bits per heavy atom. The Morgan fingerprint density at radius 3 is 2.88 bits per heavy atom. The van der Waals surface area contributed by atoms with E-state index in [0.717, 1.165) is 11.6 Å². The monoisotopic (exact) mass is 241 g/mol. The van der Waals surface area contributed by atoms with Gasteiger partial charge < -0.3 is 5.32 Å². The summed E-state index contributed by atoms with van der Waals surface area (Å²) in [6, 6.07) is 0. The van der Waals surface area contributed by atoms with Gasteiger partial charge in [0, 0.05) is 17.6 Å². The predicted octanol–water partition coefficient (Wildman–Crippen LogP) is 1.02. The highest BCUT2D eigenvalue weighted by molar-refractivity contribution is 7.11. The van der Waals surface area contributed by atoms with Gasteiger partial charge in [-0.05, 0) is 12.8 Å². The zero-order valence-electron chi connectivity index (χ0n) is 9.95. The lowest BCUT2D eigenvalue weighted by atomic mass is 10.2. The van der Waals surface area contributed by atoms with E-state index in [4.69, 9.17) is 5.84 Å². The molecule has 6 heteroatoms. The van der Waals surface area contributed by atoms with Gasteiger partial charge in [-0.1, -0.05) is 13.8 Å². The second kappa shape index (κ2) is 6.44. The molecule has 0 atom stereocenters. The fourth-order valence-electron chi connectivity index (χ4n) is 1.07. The molecular weight excluding hydrogens is 222 g/mol. The minimum atomic E-state index is 0.556. The second-order valence-corrected chi connectivity index (χ2v) is 5.27. The number of rotatable bonds is 4. The molecule has 0 fully saturated rings. The highest BCUT2D eigenvalue weighted by Crippen LogP contribution is 2.11. The van der Waals surface area contributed by atoms with Crippen LogP contribution in [0, 0.1) is 12.8 Å². The van der Waals surface area contributed by atoms with E-state index in [2.05, 4.69) is 34.6 Å². The van der Waals surface area contributed by atoms with Gasteiger partial charge in [0.15, 0.2) is 0 Å². The molecule has 4 N–H and O–H groups in total. The van der Waals surface area contributed by atoms with Gasteiger partial charge in [-0.15, -0.1) is 11.3 Å². The summed E-state index contributed by atoms with van der Waals surface area (Å²) in [4.78, 5) is 9.74. The first kappa shape index (κ1) is 12.9. The molecule has 0 bridgehead atoms. The van der Waals surface area contributed by atoms with Crippen molar-refractivity contribution in [2.45, 2.75) is 27.3 Å². The number of nitrogens with one attached hydrogen (secondary N) is 2. The van der Waals surface area contributed by atoms with Crippen LogP contribution >= 0.6 is 11.3 Å². The number of nitrogens with zero attached hydrogens (tertiary/aromatic N) is 2. The summed E-state index contributed by atoms with van der Waals surface area (Å²) in [5, 5.41) is 4.13. The van der Waals surface area contributed by atoms with Crippen molar-refractivity contribution in [3.8, 4) is 0 Å². The first-order valence-corrected chi connectivity index (χ1v) is 6.09. The molecule has 0 saturated carbocycles. The molecule has 16 heavy (non-hydrogen) atoms. The Morgan fingerprint density at radius 1 is 1.62 bits per heavy atom. The van der Waals surface area contributed by atoms with Crippen molar-refractivity contribution < 1.29 is 0 Å². The lowest BCUT2D eigenvalue weighted by Gasteiger charge is -2.10. The summed E-state index contributed by atoms with van der Waals surface area (Å²) in [5.74, 6) is 6.54. The van der Waals surface area contributed by atoms with Crippen molar-refractivity contribution in [1.29, 1.82) is 0 Å². The van der Waals surface area contributed by atoms with E-state index < -0.39 is 0 Å². The van der Waals surface area contributed by atoms with Gasteiger partial charge in [0.2, 0.25) is 5.96 Å². The maximum absolute atomic E-state index is 5.37. The summed E-state index contributed by atoms with van der Waals surface area (Å²) in [5.41, 5.74) is 2.55. The van der Waals surface area contributed by atoms with Gasteiger partial charge in [-0.3, -0.25) is 5.43 Å². The number of aryl methyl sites for hydroxylation is 1. The van der Waals surface area contributed by atoms with Crippen LogP contribution in [0.25, 0.3) is 0 Å². The molecule has 0 aliphatic heterocycles. The van der Waals surface area contributed by atoms with Crippen molar-refractivity contribution in [2.75, 3.05) is 6.54 Å². The molecule has 0 aromatic carbocycles. The zero-order chi connectivity index (χ0) is 12.0. The summed E-state index contributed by atoms with van der Waals surface area (Å²) >= 11 is 1.65. The van der Waals surface area contributed by atoms with Crippen molar-refractivity contribution in [3.05, 3.63) is 16.1 Å². The lowest BCUT2D eigenvalue weighted by Crippen LogP contribution is -2.42. The van der Waals surface area contributed by atoms with Crippen LogP contribution in [0.5, 0.6) is 0 Å². The van der Waals surface area contributed by atoms with Gasteiger partial charge >= 0.3 is 0 Å². The molecule has 0 unspecified atom stereocenters. The minimum Gasteiger partial charge on any atom is -0.355 e. The number of aliphatic imine (C=N–C) groups is 1. The Balaban J connectivity index is 2.46. The van der Waals surface area contributed by atoms with Crippen LogP contribution in [0.3, 0.4) is 0 Å². The van der Waals surface area contributed by atoms with Crippen molar-refractivity contribution >= 4 is 17.3 Å². The number of aromatic nitrogens is 1. The zero-order valence-corrected chi connectivity index (χ0v) is 10.8. The van der Waals surface area contributed by atoms with Crippen LogP contribution in [-0.4, -0.2) is 17.5 Å². The molecule has 1 rings (SSSR count). The van der Waals surface area contributed by atoms with E-state index in [9.17, 15) is 0 Å². The van der Waals surface area contributed by atoms with Gasteiger partial charge in [0.05, 0.1) is 6.54 Å². The molecule has 1 aromatic rings. The van der Waals surface area contributed by atoms with E-state index in [1.807, 2.05) is 13.1 Å². The van der Waals surface area contributed by atoms with Crippen molar-refractivity contribution in [1.82, 2.24) is 15.7 Å². The molecular formula is C10H19N5S. The average Bonchev–Trinajstić information content (AvgIpc) is 2.64. The molecule has 0 radical (unpaired) electrons. The summed E-state index contributed by atoms with van der Waals surface area (Å²) in [7, 11) is 0. The SMILES string of the molecule is Cc1cnc(CN=C(NN)NCC(C)C)s1. The van der Waals surface area contributed by atoms with Crippen LogP contribution in [0.2, 0.25) is 0 Å². The molecule has 1 heterocycles. The third-order valence-corrected chi connectivity index (χ3v) is 2.75. The number of hydrogen-bond acceptors (Lipinski definition) is 4. The summed E-state index contributed by atoms with van der Waals surface area (Å²) in [6.45, 7) is 7.70. The largest absolute Gasteiger partial charge is 0.355 e. The maximum Gasteiger partial charge on any atom is 0.206 e. The van der Waals surface area contributed by atoms with E-state index in [0.29, 0.717) is 18.4 Å². The van der Waals surface area contributed by atoms with E-state index in [-0.39, 0.29) is 0 Å². The van der Waals surface area contributed by atoms with Crippen molar-refractivity contribution in [2.24, 2.45) is 16.8 Å². The molecule has 0 aliphatic rings. The molecule has 0 amide bonds. The fraction of sp³-hybridized carbons (Fsp3) is 0.600. The molecule has 0 spiro atoms. The molecule has 1 aromatic heterocycles. The highest BCUT2D eigenvalue weighted by Gasteiger charge is 2.00. The molecule has 0 aliphatic carbocycles. The van der Waals surface area contributed by atoms with E-state index in [1.165, 1.54) is 4.88 Å². The quantitative estimate of drug-likeness (QED) is 0.318. The summed E-state index contributed by atoms with van der Waals surface area (Å²) < 4.78 is 0. The lowest BCUT2D eigenvalue weighted by molar-refractivity contribution is 0.615. The Bertz CT molecular complexity index is 345. The number of guanidine groups is 1. The van der Waals surface area contributed by atoms with E-state index in [1.54, 1.807) is 11.3 Å². The highest BCUT2D eigenvalue weighted by atomic mass is 32.1. The topological polar surface area (TPSA) is 75.3 Å². The third kappa shape index (κ3) is 4.59. The van der Waals surface area contributed by atoms with Crippen molar-refractivity contribution in [3.63, 3.8) is 0 Å². The molecule has 5 nitrogen and oxygen atoms in total. The maximum atomic E-state index is 5.37. The Hall–Kier alpha value is -1.14. The van der Waals surface area contributed by atoms with Gasteiger partial charge in [0.25, 0.3) is 0 Å². The minimum absolute atomic E-state index is 0.556. The number of thiazole rings is 1. The Labute approximate surface area is 100 Å². The average molecular weight is 241 g/mol. The van der Waals surface area contributed by atoms with E-state index >= 15 is 0 Å². The third-order valence-electron chi connectivity index (χ3n) is 1.86. The standard InChI is InChI=1S/C10H19N5S/c1-7(2)4-13-10(15-11)14-6-9-12-5-8(3)16-9/h5,7H,4,6,11H2,1-3H3,(H2,13,14,15). The smallest absolute Gasteiger partial charge is 0.206 e. The van der Waals surface area contributed by atoms with Gasteiger partial charge in [0.1, 0.15) is 5.01 Å². The van der Waals surface area contributed by atoms with Crippen LogP contribution < -0.4 is 16.6 Å². The normalized spacial score (nSPS) is 11.9. The van der Waals surface area contributed by atoms with Crippen LogP contribution in [0.15, 0.2) is 11.2 Å². The first-order valence-electron chi connectivity index (χ1n) is 5.28. The Kier molecular flexibility index (Phi) is 5.21. The van der Waals surface area contributed by atoms with Crippen LogP contribution in [0.1, 0.15) is 23.7 Å². The predicted molar refractivity (Wildman–Crippen MR) is 68.2 cm³/mol. The second-order valence-electron chi connectivity index (χ2n) is 3.95. The number of hydrogen-bond donors (Lipinski definition) is 3. The van der Waals surface area contributed by atoms with Gasteiger partial charge in [-0.25, -0.2) is 15.8 Å². The summed E-state index contributed by atoms with van der Waals surface area (Å²) in [6.07, 6.45) is 1.85. The van der Waals surface area contributed by atoms with Crippen LogP contribution in [-0.2, 0) is 6.54 Å².